The third-order valence-electron chi connectivity index (χ3n) is 5.87. The van der Waals surface area contributed by atoms with Gasteiger partial charge in [-0.15, -0.1) is 0 Å². The maximum atomic E-state index is 13.1. The number of nitrogens with one attached hydrogen (secondary N) is 1. The summed E-state index contributed by atoms with van der Waals surface area (Å²) in [6, 6.07) is 5.94. The van der Waals surface area contributed by atoms with E-state index in [1.54, 1.807) is 11.6 Å². The molecule has 1 saturated heterocycles. The van der Waals surface area contributed by atoms with Gasteiger partial charge < -0.3 is 9.88 Å². The van der Waals surface area contributed by atoms with E-state index in [2.05, 4.69) is 9.88 Å². The zero-order valence-electron chi connectivity index (χ0n) is 14.3. The van der Waals surface area contributed by atoms with Crippen LogP contribution in [-0.2, 0) is 7.05 Å². The van der Waals surface area contributed by atoms with Crippen LogP contribution in [0.1, 0.15) is 55.3 Å². The van der Waals surface area contributed by atoms with E-state index in [1.165, 1.54) is 25.7 Å². The highest BCUT2D eigenvalue weighted by molar-refractivity contribution is 5.97. The first-order chi connectivity index (χ1) is 11.6. The molecule has 4 rings (SSSR count). The molecule has 1 aromatic carbocycles. The van der Waals surface area contributed by atoms with Crippen LogP contribution in [0, 0.1) is 5.92 Å². The van der Waals surface area contributed by atoms with E-state index in [0.717, 1.165) is 42.8 Å². The van der Waals surface area contributed by atoms with Gasteiger partial charge in [0.1, 0.15) is 0 Å². The molecule has 1 aromatic heterocycles. The van der Waals surface area contributed by atoms with E-state index < -0.39 is 0 Å². The molecule has 1 unspecified atom stereocenters. The molecule has 0 radical (unpaired) electrons. The first kappa shape index (κ1) is 15.5. The van der Waals surface area contributed by atoms with Gasteiger partial charge in [-0.1, -0.05) is 19.3 Å². The summed E-state index contributed by atoms with van der Waals surface area (Å²) >= 11 is 0. The fraction of sp³-hybridized carbons (Fsp3) is 0.579. The SMILES string of the molecule is Cn1c(=O)[nH]c2cc(C(=O)N3CCCCC3CC3CCC3)ccc21. The van der Waals surface area contributed by atoms with Gasteiger partial charge in [-0.3, -0.25) is 9.36 Å². The molecule has 24 heavy (non-hydrogen) atoms. The predicted molar refractivity (Wildman–Crippen MR) is 94.2 cm³/mol. The molecule has 1 N–H and O–H groups in total. The number of fused-ring (bicyclic) bond motifs is 1. The monoisotopic (exact) mass is 327 g/mol. The van der Waals surface area contributed by atoms with Crippen molar-refractivity contribution in [3.8, 4) is 0 Å². The number of H-pyrrole nitrogens is 1. The lowest BCUT2D eigenvalue weighted by molar-refractivity contribution is 0.0549. The average molecular weight is 327 g/mol. The molecule has 1 aliphatic carbocycles. The minimum Gasteiger partial charge on any atom is -0.336 e. The smallest absolute Gasteiger partial charge is 0.326 e. The van der Waals surface area contributed by atoms with Crippen LogP contribution in [0.4, 0.5) is 0 Å². The van der Waals surface area contributed by atoms with Gasteiger partial charge in [0.2, 0.25) is 0 Å². The van der Waals surface area contributed by atoms with Gasteiger partial charge in [0.15, 0.2) is 0 Å². The molecule has 5 heteroatoms. The van der Waals surface area contributed by atoms with Gasteiger partial charge in [-0.05, 0) is 49.8 Å². The van der Waals surface area contributed by atoms with E-state index >= 15 is 0 Å². The van der Waals surface area contributed by atoms with Crippen molar-refractivity contribution in [2.45, 2.75) is 51.0 Å². The molecule has 128 valence electrons. The van der Waals surface area contributed by atoms with Crippen LogP contribution in [0.15, 0.2) is 23.0 Å². The number of likely N-dealkylation sites (tertiary alicyclic amines) is 1. The van der Waals surface area contributed by atoms with Crippen molar-refractivity contribution in [1.82, 2.24) is 14.5 Å². The van der Waals surface area contributed by atoms with Crippen molar-refractivity contribution in [2.75, 3.05) is 6.54 Å². The summed E-state index contributed by atoms with van der Waals surface area (Å²) in [7, 11) is 1.74. The molecule has 1 atom stereocenters. The molecule has 2 aliphatic rings. The number of aromatic nitrogens is 2. The highest BCUT2D eigenvalue weighted by Crippen LogP contribution is 2.34. The second-order valence-corrected chi connectivity index (χ2v) is 7.40. The third kappa shape index (κ3) is 2.66. The Bertz CT molecular complexity index is 816. The summed E-state index contributed by atoms with van der Waals surface area (Å²) in [6.07, 6.45) is 8.63. The quantitative estimate of drug-likeness (QED) is 0.942. The molecule has 1 amide bonds. The molecular weight excluding hydrogens is 302 g/mol. The molecule has 1 saturated carbocycles. The van der Waals surface area contributed by atoms with Crippen molar-refractivity contribution in [3.05, 3.63) is 34.2 Å². The minimum atomic E-state index is -0.143. The molecule has 5 nitrogen and oxygen atoms in total. The van der Waals surface area contributed by atoms with Crippen LogP contribution in [0.25, 0.3) is 11.0 Å². The first-order valence-corrected chi connectivity index (χ1v) is 9.13. The zero-order chi connectivity index (χ0) is 16.7. The van der Waals surface area contributed by atoms with E-state index in [1.807, 2.05) is 18.2 Å². The van der Waals surface area contributed by atoms with Gasteiger partial charge in [-0.2, -0.15) is 0 Å². The number of hydrogen-bond donors (Lipinski definition) is 1. The normalized spacial score (nSPS) is 21.9. The second kappa shape index (κ2) is 6.11. The first-order valence-electron chi connectivity index (χ1n) is 9.13. The third-order valence-corrected chi connectivity index (χ3v) is 5.87. The number of benzene rings is 1. The predicted octanol–water partition coefficient (Wildman–Crippen LogP) is 3.05. The Morgan fingerprint density at radius 2 is 2.04 bits per heavy atom. The Balaban J connectivity index is 1.59. The summed E-state index contributed by atoms with van der Waals surface area (Å²) in [4.78, 5) is 29.7. The Morgan fingerprint density at radius 1 is 1.21 bits per heavy atom. The van der Waals surface area contributed by atoms with Crippen LogP contribution < -0.4 is 5.69 Å². The molecule has 0 bridgehead atoms. The number of aromatic amines is 1. The van der Waals surface area contributed by atoms with Crippen molar-refractivity contribution in [1.29, 1.82) is 0 Å². The van der Waals surface area contributed by atoms with Gasteiger partial charge in [0, 0.05) is 25.2 Å². The number of hydrogen-bond acceptors (Lipinski definition) is 2. The molecule has 1 aliphatic heterocycles. The largest absolute Gasteiger partial charge is 0.336 e. The molecule has 2 aromatic rings. The maximum absolute atomic E-state index is 13.1. The van der Waals surface area contributed by atoms with Gasteiger partial charge in [-0.25, -0.2) is 4.79 Å². The molecular formula is C19H25N3O2. The number of amides is 1. The van der Waals surface area contributed by atoms with Crippen molar-refractivity contribution >= 4 is 16.9 Å². The lowest BCUT2D eigenvalue weighted by Crippen LogP contribution is -2.45. The standard InChI is InChI=1S/C19H25N3O2/c1-21-17-9-8-14(12-16(17)20-19(21)24)18(23)22-10-3-2-7-15(22)11-13-5-4-6-13/h8-9,12-13,15H,2-7,10-11H2,1H3,(H,20,24). The number of carbonyl (C=O) groups is 1. The number of rotatable bonds is 3. The van der Waals surface area contributed by atoms with Gasteiger partial charge in [0.05, 0.1) is 11.0 Å². The molecule has 2 fully saturated rings. The molecule has 2 heterocycles. The van der Waals surface area contributed by atoms with Crippen LogP contribution in [0.5, 0.6) is 0 Å². The van der Waals surface area contributed by atoms with E-state index in [0.29, 0.717) is 11.6 Å². The lowest BCUT2D eigenvalue weighted by atomic mass is 9.79. The van der Waals surface area contributed by atoms with Crippen LogP contribution in [0.2, 0.25) is 0 Å². The van der Waals surface area contributed by atoms with Crippen molar-refractivity contribution < 1.29 is 4.79 Å². The summed E-state index contributed by atoms with van der Waals surface area (Å²) in [5.41, 5.74) is 2.11. The fourth-order valence-electron chi connectivity index (χ4n) is 4.16. The van der Waals surface area contributed by atoms with Gasteiger partial charge >= 0.3 is 5.69 Å². The Kier molecular flexibility index (Phi) is 3.94. The van der Waals surface area contributed by atoms with E-state index in [-0.39, 0.29) is 11.6 Å². The second-order valence-electron chi connectivity index (χ2n) is 7.40. The summed E-state index contributed by atoms with van der Waals surface area (Å²) < 4.78 is 1.57. The van der Waals surface area contributed by atoms with Gasteiger partial charge in [0.25, 0.3) is 5.91 Å². The lowest BCUT2D eigenvalue weighted by Gasteiger charge is -2.39. The topological polar surface area (TPSA) is 58.1 Å². The zero-order valence-corrected chi connectivity index (χ0v) is 14.3. The van der Waals surface area contributed by atoms with E-state index in [9.17, 15) is 9.59 Å². The highest BCUT2D eigenvalue weighted by atomic mass is 16.2. The van der Waals surface area contributed by atoms with Crippen LogP contribution in [-0.4, -0.2) is 32.9 Å². The Morgan fingerprint density at radius 3 is 2.79 bits per heavy atom. The number of piperidine rings is 1. The summed E-state index contributed by atoms with van der Waals surface area (Å²) in [5.74, 6) is 0.932. The number of aryl methyl sites for hydroxylation is 1. The number of nitrogens with zero attached hydrogens (tertiary/aromatic N) is 2. The average Bonchev–Trinajstić information content (AvgIpc) is 2.84. The van der Waals surface area contributed by atoms with Crippen molar-refractivity contribution in [2.24, 2.45) is 13.0 Å². The molecule has 0 spiro atoms. The summed E-state index contributed by atoms with van der Waals surface area (Å²) in [5, 5.41) is 0. The maximum Gasteiger partial charge on any atom is 0.326 e. The number of imidazole rings is 1. The Hall–Kier alpha value is -2.04. The summed E-state index contributed by atoms with van der Waals surface area (Å²) in [6.45, 7) is 0.861. The van der Waals surface area contributed by atoms with Crippen LogP contribution in [0.3, 0.4) is 0 Å². The fourth-order valence-corrected chi connectivity index (χ4v) is 4.16. The number of carbonyl (C=O) groups excluding carboxylic acids is 1. The van der Waals surface area contributed by atoms with E-state index in [4.69, 9.17) is 0 Å². The minimum absolute atomic E-state index is 0.116. The Labute approximate surface area is 141 Å². The van der Waals surface area contributed by atoms with Crippen molar-refractivity contribution in [3.63, 3.8) is 0 Å². The van der Waals surface area contributed by atoms with Crippen LogP contribution >= 0.6 is 0 Å². The highest BCUT2D eigenvalue weighted by Gasteiger charge is 2.31.